The molecule has 0 bridgehead atoms. The van der Waals surface area contributed by atoms with E-state index >= 15 is 0 Å². The molecule has 0 saturated carbocycles. The summed E-state index contributed by atoms with van der Waals surface area (Å²) in [6.07, 6.45) is 1.87. The van der Waals surface area contributed by atoms with Gasteiger partial charge in [-0.1, -0.05) is 13.0 Å². The third-order valence-electron chi connectivity index (χ3n) is 3.40. The summed E-state index contributed by atoms with van der Waals surface area (Å²) in [7, 11) is 1.65. The van der Waals surface area contributed by atoms with Crippen molar-refractivity contribution in [2.24, 2.45) is 0 Å². The SMILES string of the molecule is COc1ccc(-c2ccc(C(C)CNC(C)=O)cn2)cc1. The van der Waals surface area contributed by atoms with Crippen LogP contribution in [0.2, 0.25) is 0 Å². The molecular weight excluding hydrogens is 264 g/mol. The second kappa shape index (κ2) is 6.88. The number of amides is 1. The standard InChI is InChI=1S/C17H20N2O2/c1-12(10-18-13(2)20)15-6-9-17(19-11-15)14-4-7-16(21-3)8-5-14/h4-9,11-12H,10H2,1-3H3,(H,18,20). The first kappa shape index (κ1) is 15.0. The molecule has 0 saturated heterocycles. The summed E-state index contributed by atoms with van der Waals surface area (Å²) in [5, 5.41) is 2.82. The van der Waals surface area contributed by atoms with Gasteiger partial charge in [-0.2, -0.15) is 0 Å². The van der Waals surface area contributed by atoms with Crippen LogP contribution in [0.4, 0.5) is 0 Å². The van der Waals surface area contributed by atoms with Crippen LogP contribution in [-0.2, 0) is 4.79 Å². The maximum Gasteiger partial charge on any atom is 0.216 e. The van der Waals surface area contributed by atoms with E-state index < -0.39 is 0 Å². The summed E-state index contributed by atoms with van der Waals surface area (Å²) >= 11 is 0. The first-order chi connectivity index (χ1) is 10.1. The van der Waals surface area contributed by atoms with Gasteiger partial charge in [0.15, 0.2) is 0 Å². The second-order valence-corrected chi connectivity index (χ2v) is 5.04. The first-order valence-electron chi connectivity index (χ1n) is 6.95. The summed E-state index contributed by atoms with van der Waals surface area (Å²) in [4.78, 5) is 15.4. The van der Waals surface area contributed by atoms with Gasteiger partial charge in [0.2, 0.25) is 5.91 Å². The molecule has 0 fully saturated rings. The van der Waals surface area contributed by atoms with Crippen LogP contribution in [0.5, 0.6) is 5.75 Å². The van der Waals surface area contributed by atoms with E-state index in [0.29, 0.717) is 6.54 Å². The van der Waals surface area contributed by atoms with E-state index in [1.165, 1.54) is 6.92 Å². The number of carbonyl (C=O) groups is 1. The number of benzene rings is 1. The highest BCUT2D eigenvalue weighted by atomic mass is 16.5. The van der Waals surface area contributed by atoms with Gasteiger partial charge in [0.25, 0.3) is 0 Å². The molecule has 4 heteroatoms. The zero-order valence-electron chi connectivity index (χ0n) is 12.6. The Morgan fingerprint density at radius 1 is 1.24 bits per heavy atom. The van der Waals surface area contributed by atoms with Crippen molar-refractivity contribution < 1.29 is 9.53 Å². The van der Waals surface area contributed by atoms with Gasteiger partial charge in [-0.05, 0) is 41.8 Å². The van der Waals surface area contributed by atoms with E-state index in [1.54, 1.807) is 7.11 Å². The van der Waals surface area contributed by atoms with E-state index in [1.807, 2.05) is 36.5 Å². The highest BCUT2D eigenvalue weighted by Crippen LogP contribution is 2.22. The van der Waals surface area contributed by atoms with Crippen LogP contribution in [0.1, 0.15) is 25.3 Å². The Hall–Kier alpha value is -2.36. The molecule has 0 spiro atoms. The van der Waals surface area contributed by atoms with E-state index in [4.69, 9.17) is 4.74 Å². The topological polar surface area (TPSA) is 51.2 Å². The molecule has 4 nitrogen and oxygen atoms in total. The van der Waals surface area contributed by atoms with E-state index in [2.05, 4.69) is 23.3 Å². The van der Waals surface area contributed by atoms with Crippen LogP contribution >= 0.6 is 0 Å². The molecule has 2 rings (SSSR count). The minimum Gasteiger partial charge on any atom is -0.497 e. The lowest BCUT2D eigenvalue weighted by Crippen LogP contribution is -2.24. The number of rotatable bonds is 5. The van der Waals surface area contributed by atoms with E-state index in [9.17, 15) is 4.79 Å². The fourth-order valence-electron chi connectivity index (χ4n) is 2.04. The number of hydrogen-bond donors (Lipinski definition) is 1. The molecule has 21 heavy (non-hydrogen) atoms. The normalized spacial score (nSPS) is 11.8. The Balaban J connectivity index is 2.08. The van der Waals surface area contributed by atoms with Crippen LogP contribution in [0, 0.1) is 0 Å². The number of hydrogen-bond acceptors (Lipinski definition) is 3. The van der Waals surface area contributed by atoms with Gasteiger partial charge in [0, 0.05) is 25.2 Å². The zero-order valence-corrected chi connectivity index (χ0v) is 12.6. The Morgan fingerprint density at radius 2 is 1.95 bits per heavy atom. The van der Waals surface area contributed by atoms with Gasteiger partial charge in [0.1, 0.15) is 5.75 Å². The number of nitrogens with zero attached hydrogens (tertiary/aromatic N) is 1. The molecule has 0 aliphatic rings. The van der Waals surface area contributed by atoms with Gasteiger partial charge in [-0.15, -0.1) is 0 Å². The minimum atomic E-state index is -0.00957. The Bertz CT molecular complexity index is 591. The molecule has 2 aromatic rings. The lowest BCUT2D eigenvalue weighted by molar-refractivity contribution is -0.119. The molecule has 1 heterocycles. The maximum atomic E-state index is 10.9. The Morgan fingerprint density at radius 3 is 2.48 bits per heavy atom. The van der Waals surface area contributed by atoms with Crippen molar-refractivity contribution in [3.8, 4) is 17.0 Å². The fourth-order valence-corrected chi connectivity index (χ4v) is 2.04. The second-order valence-electron chi connectivity index (χ2n) is 5.04. The predicted molar refractivity (Wildman–Crippen MR) is 83.3 cm³/mol. The van der Waals surface area contributed by atoms with Crippen molar-refractivity contribution in [2.75, 3.05) is 13.7 Å². The van der Waals surface area contributed by atoms with Crippen molar-refractivity contribution in [1.29, 1.82) is 0 Å². The summed E-state index contributed by atoms with van der Waals surface area (Å²) in [5.41, 5.74) is 3.09. The molecule has 1 aromatic heterocycles. The van der Waals surface area contributed by atoms with Crippen molar-refractivity contribution >= 4 is 5.91 Å². The average Bonchev–Trinajstić information content (AvgIpc) is 2.53. The number of carbonyl (C=O) groups excluding carboxylic acids is 1. The molecule has 0 aliphatic heterocycles. The number of methoxy groups -OCH3 is 1. The van der Waals surface area contributed by atoms with Gasteiger partial charge >= 0.3 is 0 Å². The molecule has 1 amide bonds. The number of ether oxygens (including phenoxy) is 1. The molecule has 0 radical (unpaired) electrons. The maximum absolute atomic E-state index is 10.9. The fraction of sp³-hybridized carbons (Fsp3) is 0.294. The molecule has 1 atom stereocenters. The lowest BCUT2D eigenvalue weighted by atomic mass is 10.0. The summed E-state index contributed by atoms with van der Waals surface area (Å²) in [6, 6.07) is 11.9. The van der Waals surface area contributed by atoms with Gasteiger partial charge in [0.05, 0.1) is 12.8 Å². The molecule has 1 aromatic carbocycles. The number of nitrogens with one attached hydrogen (secondary N) is 1. The van der Waals surface area contributed by atoms with Gasteiger partial charge in [-0.25, -0.2) is 0 Å². The van der Waals surface area contributed by atoms with Crippen molar-refractivity contribution in [1.82, 2.24) is 10.3 Å². The molecular formula is C17H20N2O2. The highest BCUT2D eigenvalue weighted by Gasteiger charge is 2.07. The quantitative estimate of drug-likeness (QED) is 0.918. The van der Waals surface area contributed by atoms with Crippen LogP contribution in [0.3, 0.4) is 0 Å². The molecule has 0 aliphatic carbocycles. The third kappa shape index (κ3) is 4.05. The van der Waals surface area contributed by atoms with E-state index in [-0.39, 0.29) is 11.8 Å². The summed E-state index contributed by atoms with van der Waals surface area (Å²) < 4.78 is 5.15. The monoisotopic (exact) mass is 284 g/mol. The van der Waals surface area contributed by atoms with E-state index in [0.717, 1.165) is 22.6 Å². The van der Waals surface area contributed by atoms with Crippen molar-refractivity contribution in [2.45, 2.75) is 19.8 Å². The average molecular weight is 284 g/mol. The summed E-state index contributed by atoms with van der Waals surface area (Å²) in [6.45, 7) is 4.22. The minimum absolute atomic E-state index is 0.00957. The van der Waals surface area contributed by atoms with Crippen LogP contribution in [-0.4, -0.2) is 24.5 Å². The van der Waals surface area contributed by atoms with Crippen molar-refractivity contribution in [3.05, 3.63) is 48.2 Å². The highest BCUT2D eigenvalue weighted by molar-refractivity contribution is 5.72. The van der Waals surface area contributed by atoms with Crippen molar-refractivity contribution in [3.63, 3.8) is 0 Å². The lowest BCUT2D eigenvalue weighted by Gasteiger charge is -2.12. The largest absolute Gasteiger partial charge is 0.497 e. The molecule has 1 unspecified atom stereocenters. The van der Waals surface area contributed by atoms with Crippen LogP contribution in [0.15, 0.2) is 42.6 Å². The smallest absolute Gasteiger partial charge is 0.216 e. The van der Waals surface area contributed by atoms with Crippen LogP contribution < -0.4 is 10.1 Å². The molecule has 110 valence electrons. The van der Waals surface area contributed by atoms with Gasteiger partial charge < -0.3 is 10.1 Å². The predicted octanol–water partition coefficient (Wildman–Crippen LogP) is 3.00. The molecule has 1 N–H and O–H groups in total. The van der Waals surface area contributed by atoms with Crippen LogP contribution in [0.25, 0.3) is 11.3 Å². The third-order valence-corrected chi connectivity index (χ3v) is 3.40. The zero-order chi connectivity index (χ0) is 15.2. The van der Waals surface area contributed by atoms with Gasteiger partial charge in [-0.3, -0.25) is 9.78 Å². The Kier molecular flexibility index (Phi) is 4.93. The number of pyridine rings is 1. The summed E-state index contributed by atoms with van der Waals surface area (Å²) in [5.74, 6) is 1.07. The Labute approximate surface area is 125 Å². The number of aromatic nitrogens is 1. The first-order valence-corrected chi connectivity index (χ1v) is 6.95.